The predicted octanol–water partition coefficient (Wildman–Crippen LogP) is 1.68. The molecule has 1 unspecified atom stereocenters. The molecule has 1 aliphatic heterocycles. The van der Waals surface area contributed by atoms with Gasteiger partial charge >= 0.3 is 0 Å². The zero-order chi connectivity index (χ0) is 13.7. The lowest BCUT2D eigenvalue weighted by Crippen LogP contribution is -2.45. The van der Waals surface area contributed by atoms with Crippen LogP contribution in [0.4, 0.5) is 5.95 Å². The molecule has 0 aromatic carbocycles. The van der Waals surface area contributed by atoms with Gasteiger partial charge < -0.3 is 15.1 Å². The molecular formula is C13H22BrN5. The summed E-state index contributed by atoms with van der Waals surface area (Å²) >= 11 is 3.34. The lowest BCUT2D eigenvalue weighted by Gasteiger charge is -2.32. The van der Waals surface area contributed by atoms with Gasteiger partial charge in [0.25, 0.3) is 0 Å². The van der Waals surface area contributed by atoms with E-state index in [9.17, 15) is 0 Å². The summed E-state index contributed by atoms with van der Waals surface area (Å²) in [6.45, 7) is 8.03. The second kappa shape index (κ2) is 7.17. The molecule has 1 atom stereocenters. The quantitative estimate of drug-likeness (QED) is 0.891. The molecule has 106 valence electrons. The fraction of sp³-hybridized carbons (Fsp3) is 0.692. The van der Waals surface area contributed by atoms with Crippen LogP contribution in [0.25, 0.3) is 0 Å². The van der Waals surface area contributed by atoms with E-state index in [-0.39, 0.29) is 0 Å². The first kappa shape index (κ1) is 14.7. The van der Waals surface area contributed by atoms with Crippen LogP contribution in [0.15, 0.2) is 16.9 Å². The maximum absolute atomic E-state index is 4.23. The third-order valence-electron chi connectivity index (χ3n) is 3.47. The van der Waals surface area contributed by atoms with Gasteiger partial charge in [-0.3, -0.25) is 0 Å². The van der Waals surface area contributed by atoms with E-state index in [0.29, 0.717) is 12.0 Å². The van der Waals surface area contributed by atoms with Crippen molar-refractivity contribution in [2.75, 3.05) is 45.1 Å². The van der Waals surface area contributed by atoms with Crippen LogP contribution in [-0.4, -0.2) is 65.6 Å². The monoisotopic (exact) mass is 327 g/mol. The number of nitrogens with zero attached hydrogens (tertiary/aromatic N) is 4. The Morgan fingerprint density at radius 2 is 1.89 bits per heavy atom. The molecule has 0 saturated carbocycles. The zero-order valence-electron chi connectivity index (χ0n) is 11.6. The Kier molecular flexibility index (Phi) is 5.54. The fourth-order valence-corrected chi connectivity index (χ4v) is 2.33. The summed E-state index contributed by atoms with van der Waals surface area (Å²) in [5.41, 5.74) is 0. The van der Waals surface area contributed by atoms with Crippen LogP contribution in [-0.2, 0) is 0 Å². The molecule has 1 saturated heterocycles. The van der Waals surface area contributed by atoms with Crippen LogP contribution in [0.1, 0.15) is 13.3 Å². The molecule has 1 fully saturated rings. The number of piperazine rings is 1. The summed E-state index contributed by atoms with van der Waals surface area (Å²) in [7, 11) is 2.19. The molecule has 0 aliphatic carbocycles. The number of anilines is 1. The summed E-state index contributed by atoms with van der Waals surface area (Å²) in [5, 5.41) is 3.34. The first-order chi connectivity index (χ1) is 9.13. The van der Waals surface area contributed by atoms with E-state index in [1.54, 1.807) is 12.4 Å². The maximum Gasteiger partial charge on any atom is 0.222 e. The van der Waals surface area contributed by atoms with Crippen molar-refractivity contribution in [2.45, 2.75) is 19.4 Å². The minimum Gasteiger partial charge on any atom is -0.352 e. The molecule has 1 N–H and O–H groups in total. The van der Waals surface area contributed by atoms with E-state index in [2.05, 4.69) is 55.0 Å². The van der Waals surface area contributed by atoms with Crippen molar-refractivity contribution in [1.29, 1.82) is 0 Å². The van der Waals surface area contributed by atoms with Crippen LogP contribution >= 0.6 is 15.9 Å². The molecule has 5 nitrogen and oxygen atoms in total. The largest absolute Gasteiger partial charge is 0.352 e. The number of halogens is 1. The Labute approximate surface area is 123 Å². The van der Waals surface area contributed by atoms with Gasteiger partial charge in [0.15, 0.2) is 0 Å². The number of aromatic nitrogens is 2. The topological polar surface area (TPSA) is 44.3 Å². The lowest BCUT2D eigenvalue weighted by atomic mass is 10.2. The Bertz CT molecular complexity index is 375. The summed E-state index contributed by atoms with van der Waals surface area (Å²) in [6.07, 6.45) is 4.65. The van der Waals surface area contributed by atoms with Crippen molar-refractivity contribution in [3.05, 3.63) is 16.9 Å². The second-order valence-electron chi connectivity index (χ2n) is 5.20. The minimum atomic E-state index is 0.390. The zero-order valence-corrected chi connectivity index (χ0v) is 13.2. The molecular weight excluding hydrogens is 306 g/mol. The molecule has 1 aliphatic rings. The standard InChI is InChI=1S/C13H22BrN5/c1-11(17-13-15-9-12(14)10-16-13)3-4-19-7-5-18(2)6-8-19/h9-11H,3-8H2,1-2H3,(H,15,16,17). The van der Waals surface area contributed by atoms with Gasteiger partial charge in [-0.05, 0) is 36.3 Å². The summed E-state index contributed by atoms with van der Waals surface area (Å²) < 4.78 is 0.906. The molecule has 0 radical (unpaired) electrons. The van der Waals surface area contributed by atoms with Crippen molar-refractivity contribution < 1.29 is 0 Å². The van der Waals surface area contributed by atoms with E-state index in [1.807, 2.05) is 0 Å². The van der Waals surface area contributed by atoms with Gasteiger partial charge in [0.05, 0.1) is 4.47 Å². The Balaban J connectivity index is 1.69. The van der Waals surface area contributed by atoms with E-state index in [0.717, 1.165) is 17.4 Å². The van der Waals surface area contributed by atoms with Crippen molar-refractivity contribution in [2.24, 2.45) is 0 Å². The molecule has 0 bridgehead atoms. The highest BCUT2D eigenvalue weighted by Crippen LogP contribution is 2.09. The minimum absolute atomic E-state index is 0.390. The highest BCUT2D eigenvalue weighted by atomic mass is 79.9. The number of likely N-dealkylation sites (N-methyl/N-ethyl adjacent to an activating group) is 1. The maximum atomic E-state index is 4.23. The first-order valence-corrected chi connectivity index (χ1v) is 7.58. The van der Waals surface area contributed by atoms with Crippen LogP contribution in [0, 0.1) is 0 Å². The highest BCUT2D eigenvalue weighted by molar-refractivity contribution is 9.10. The van der Waals surface area contributed by atoms with Crippen LogP contribution in [0.5, 0.6) is 0 Å². The van der Waals surface area contributed by atoms with E-state index >= 15 is 0 Å². The van der Waals surface area contributed by atoms with Gasteiger partial charge in [-0.25, -0.2) is 9.97 Å². The summed E-state index contributed by atoms with van der Waals surface area (Å²) in [4.78, 5) is 13.4. The SMILES string of the molecule is CC(CCN1CCN(C)CC1)Nc1ncc(Br)cn1. The average Bonchev–Trinajstić information content (AvgIpc) is 2.41. The van der Waals surface area contributed by atoms with Crippen molar-refractivity contribution in [3.63, 3.8) is 0 Å². The highest BCUT2D eigenvalue weighted by Gasteiger charge is 2.14. The third-order valence-corrected chi connectivity index (χ3v) is 3.88. The van der Waals surface area contributed by atoms with E-state index in [4.69, 9.17) is 0 Å². The number of rotatable bonds is 5. The molecule has 19 heavy (non-hydrogen) atoms. The fourth-order valence-electron chi connectivity index (χ4n) is 2.13. The molecule has 0 spiro atoms. The third kappa shape index (κ3) is 5.04. The first-order valence-electron chi connectivity index (χ1n) is 6.78. The number of nitrogens with one attached hydrogen (secondary N) is 1. The Morgan fingerprint density at radius 1 is 1.26 bits per heavy atom. The van der Waals surface area contributed by atoms with Gasteiger partial charge in [0.1, 0.15) is 0 Å². The van der Waals surface area contributed by atoms with E-state index in [1.165, 1.54) is 26.2 Å². The van der Waals surface area contributed by atoms with Crippen molar-refractivity contribution >= 4 is 21.9 Å². The van der Waals surface area contributed by atoms with Crippen molar-refractivity contribution in [3.8, 4) is 0 Å². The van der Waals surface area contributed by atoms with Crippen LogP contribution in [0.3, 0.4) is 0 Å². The molecule has 1 aromatic heterocycles. The normalized spacial score (nSPS) is 19.3. The molecule has 6 heteroatoms. The van der Waals surface area contributed by atoms with Crippen molar-refractivity contribution in [1.82, 2.24) is 19.8 Å². The van der Waals surface area contributed by atoms with Gasteiger partial charge in [-0.1, -0.05) is 0 Å². The average molecular weight is 328 g/mol. The van der Waals surface area contributed by atoms with Crippen LogP contribution in [0.2, 0.25) is 0 Å². The molecule has 0 amide bonds. The van der Waals surface area contributed by atoms with Gasteiger partial charge in [-0.2, -0.15) is 0 Å². The van der Waals surface area contributed by atoms with Crippen LogP contribution < -0.4 is 5.32 Å². The Morgan fingerprint density at radius 3 is 2.53 bits per heavy atom. The number of hydrogen-bond acceptors (Lipinski definition) is 5. The lowest BCUT2D eigenvalue weighted by molar-refractivity contribution is 0.151. The second-order valence-corrected chi connectivity index (χ2v) is 6.12. The molecule has 1 aromatic rings. The van der Waals surface area contributed by atoms with Gasteiger partial charge in [-0.15, -0.1) is 0 Å². The predicted molar refractivity (Wildman–Crippen MR) is 81.4 cm³/mol. The Hall–Kier alpha value is -0.720. The smallest absolute Gasteiger partial charge is 0.222 e. The van der Waals surface area contributed by atoms with E-state index < -0.39 is 0 Å². The molecule has 2 heterocycles. The number of hydrogen-bond donors (Lipinski definition) is 1. The summed E-state index contributed by atoms with van der Waals surface area (Å²) in [5.74, 6) is 0.703. The molecule has 2 rings (SSSR count). The summed E-state index contributed by atoms with van der Waals surface area (Å²) in [6, 6.07) is 0.390. The van der Waals surface area contributed by atoms with Gasteiger partial charge in [0.2, 0.25) is 5.95 Å². The van der Waals surface area contributed by atoms with Gasteiger partial charge in [0, 0.05) is 51.2 Å².